The average molecular weight is 510 g/mol. The van der Waals surface area contributed by atoms with Crippen molar-refractivity contribution in [2.24, 2.45) is 4.99 Å². The van der Waals surface area contributed by atoms with E-state index in [4.69, 9.17) is 9.47 Å². The third-order valence-electron chi connectivity index (χ3n) is 4.28. The minimum absolute atomic E-state index is 0. The first-order valence-corrected chi connectivity index (χ1v) is 9.30. The molecule has 1 fully saturated rings. The van der Waals surface area contributed by atoms with Crippen LogP contribution < -0.4 is 15.4 Å². The van der Waals surface area contributed by atoms with Gasteiger partial charge in [0.1, 0.15) is 0 Å². The summed E-state index contributed by atoms with van der Waals surface area (Å²) in [4.78, 5) is 6.66. The van der Waals surface area contributed by atoms with Crippen LogP contribution in [0.2, 0.25) is 0 Å². The first-order valence-electron chi connectivity index (χ1n) is 9.30. The van der Waals surface area contributed by atoms with Gasteiger partial charge in [0.15, 0.2) is 17.5 Å². The molecule has 1 heterocycles. The molecule has 28 heavy (non-hydrogen) atoms. The van der Waals surface area contributed by atoms with E-state index in [1.807, 2.05) is 6.92 Å². The van der Waals surface area contributed by atoms with E-state index in [1.165, 1.54) is 13.2 Å². The summed E-state index contributed by atoms with van der Waals surface area (Å²) in [6.07, 6.45) is 0. The lowest BCUT2D eigenvalue weighted by Gasteiger charge is -2.34. The van der Waals surface area contributed by atoms with Gasteiger partial charge in [-0.25, -0.2) is 9.38 Å². The molecule has 160 valence electrons. The molecule has 0 radical (unpaired) electrons. The highest BCUT2D eigenvalue weighted by atomic mass is 127. The minimum Gasteiger partial charge on any atom is -0.494 e. The quantitative estimate of drug-likeness (QED) is 0.280. The number of hydrogen-bond acceptors (Lipinski definition) is 5. The van der Waals surface area contributed by atoms with Crippen LogP contribution in [0.1, 0.15) is 19.4 Å². The first-order chi connectivity index (χ1) is 12.9. The van der Waals surface area contributed by atoms with E-state index in [2.05, 4.69) is 20.5 Å². The number of nitrogens with one attached hydrogen (secondary N) is 2. The molecule has 1 atom stereocenters. The normalized spacial score (nSPS) is 17.4. The van der Waals surface area contributed by atoms with Crippen LogP contribution >= 0.6 is 24.0 Å². The Morgan fingerprint density at radius 3 is 2.68 bits per heavy atom. The minimum atomic E-state index is -0.903. The van der Waals surface area contributed by atoms with Crippen LogP contribution in [0, 0.1) is 5.82 Å². The Kier molecular flexibility index (Phi) is 11.0. The monoisotopic (exact) mass is 510 g/mol. The van der Waals surface area contributed by atoms with Gasteiger partial charge in [0.2, 0.25) is 0 Å². The van der Waals surface area contributed by atoms with E-state index in [0.717, 1.165) is 18.7 Å². The second-order valence-electron chi connectivity index (χ2n) is 6.90. The Hall–Kier alpha value is -1.17. The number of halogens is 2. The van der Waals surface area contributed by atoms with E-state index in [9.17, 15) is 9.50 Å². The molecule has 1 unspecified atom stereocenters. The summed E-state index contributed by atoms with van der Waals surface area (Å²) in [7, 11) is 1.44. The zero-order valence-corrected chi connectivity index (χ0v) is 19.2. The molecule has 0 amide bonds. The molecule has 0 saturated carbocycles. The molecule has 0 spiro atoms. The van der Waals surface area contributed by atoms with E-state index < -0.39 is 11.4 Å². The SMILES string of the molecule is CCNC(=NCc1ccc(OC)c(F)c1)NCC(C)(O)CN1CCOCC1.I. The number of β-amino-alcohol motifs (C(OH)–C–C–N with tert-alkyl or cyclic N) is 1. The molecular weight excluding hydrogens is 478 g/mol. The second kappa shape index (κ2) is 12.4. The molecule has 1 aliphatic heterocycles. The van der Waals surface area contributed by atoms with Crippen molar-refractivity contribution in [3.05, 3.63) is 29.6 Å². The number of benzene rings is 1. The Morgan fingerprint density at radius 2 is 2.07 bits per heavy atom. The molecular formula is C19H32FIN4O3. The highest BCUT2D eigenvalue weighted by Gasteiger charge is 2.25. The average Bonchev–Trinajstić information content (AvgIpc) is 2.64. The molecule has 1 aliphatic rings. The summed E-state index contributed by atoms with van der Waals surface area (Å²) in [5.74, 6) is 0.388. The van der Waals surface area contributed by atoms with Gasteiger partial charge >= 0.3 is 0 Å². The van der Waals surface area contributed by atoms with Gasteiger partial charge in [-0.2, -0.15) is 0 Å². The number of hydrogen-bond donors (Lipinski definition) is 3. The van der Waals surface area contributed by atoms with Crippen molar-refractivity contribution in [2.45, 2.75) is 26.0 Å². The topological polar surface area (TPSA) is 78.4 Å². The Bertz CT molecular complexity index is 625. The number of aliphatic imine (C=N–C) groups is 1. The number of ether oxygens (including phenoxy) is 2. The number of nitrogens with zero attached hydrogens (tertiary/aromatic N) is 2. The summed E-state index contributed by atoms with van der Waals surface area (Å²) in [5, 5.41) is 17.0. The Morgan fingerprint density at radius 1 is 1.36 bits per heavy atom. The number of rotatable bonds is 8. The molecule has 0 bridgehead atoms. The van der Waals surface area contributed by atoms with E-state index in [1.54, 1.807) is 19.1 Å². The standard InChI is InChI=1S/C19H31FN4O3.HI/c1-4-21-18(22-12-15-5-6-17(26-3)16(20)11-15)23-13-19(2,25)14-24-7-9-27-10-8-24;/h5-6,11,25H,4,7-10,12-14H2,1-3H3,(H2,21,22,23);1H. The fourth-order valence-corrected chi connectivity index (χ4v) is 2.89. The zero-order valence-electron chi connectivity index (χ0n) is 16.8. The van der Waals surface area contributed by atoms with Crippen molar-refractivity contribution < 1.29 is 19.0 Å². The molecule has 1 aromatic rings. The predicted octanol–water partition coefficient (Wildman–Crippen LogP) is 1.59. The third kappa shape index (κ3) is 8.46. The van der Waals surface area contributed by atoms with Crippen molar-refractivity contribution in [2.75, 3.05) is 53.0 Å². The number of guanidine groups is 1. The number of methoxy groups -OCH3 is 1. The zero-order chi connectivity index (χ0) is 19.7. The molecule has 9 heteroatoms. The number of morpholine rings is 1. The van der Waals surface area contributed by atoms with Crippen LogP contribution in [0.25, 0.3) is 0 Å². The smallest absolute Gasteiger partial charge is 0.191 e. The molecule has 1 saturated heterocycles. The van der Waals surface area contributed by atoms with Crippen molar-refractivity contribution >= 4 is 29.9 Å². The summed E-state index contributed by atoms with van der Waals surface area (Å²) < 4.78 is 24.1. The van der Waals surface area contributed by atoms with Crippen molar-refractivity contribution in [3.8, 4) is 5.75 Å². The van der Waals surface area contributed by atoms with Gasteiger partial charge in [0.25, 0.3) is 0 Å². The van der Waals surface area contributed by atoms with Crippen LogP contribution in [0.3, 0.4) is 0 Å². The maximum atomic E-state index is 13.8. The molecule has 3 N–H and O–H groups in total. The summed E-state index contributed by atoms with van der Waals surface area (Å²) in [6, 6.07) is 4.79. The predicted molar refractivity (Wildman–Crippen MR) is 119 cm³/mol. The van der Waals surface area contributed by atoms with E-state index in [-0.39, 0.29) is 29.7 Å². The largest absolute Gasteiger partial charge is 0.494 e. The molecule has 2 rings (SSSR count). The highest BCUT2D eigenvalue weighted by Crippen LogP contribution is 2.18. The van der Waals surface area contributed by atoms with Crippen molar-refractivity contribution in [1.82, 2.24) is 15.5 Å². The lowest BCUT2D eigenvalue weighted by atomic mass is 10.1. The van der Waals surface area contributed by atoms with Crippen molar-refractivity contribution in [3.63, 3.8) is 0 Å². The first kappa shape index (κ1) is 24.9. The Labute approximate surface area is 183 Å². The lowest BCUT2D eigenvalue weighted by molar-refractivity contribution is -0.0201. The summed E-state index contributed by atoms with van der Waals surface area (Å²) in [5.41, 5.74) is -0.162. The summed E-state index contributed by atoms with van der Waals surface area (Å²) in [6.45, 7) is 8.75. The van der Waals surface area contributed by atoms with Crippen molar-refractivity contribution in [1.29, 1.82) is 0 Å². The van der Waals surface area contributed by atoms with Gasteiger partial charge in [-0.05, 0) is 31.5 Å². The van der Waals surface area contributed by atoms with Gasteiger partial charge in [-0.15, -0.1) is 24.0 Å². The fraction of sp³-hybridized carbons (Fsp3) is 0.632. The summed E-state index contributed by atoms with van der Waals surface area (Å²) >= 11 is 0. The molecule has 7 nitrogen and oxygen atoms in total. The van der Waals surface area contributed by atoms with Gasteiger partial charge in [-0.3, -0.25) is 4.90 Å². The highest BCUT2D eigenvalue weighted by molar-refractivity contribution is 14.0. The van der Waals surface area contributed by atoms with Gasteiger partial charge < -0.3 is 25.2 Å². The third-order valence-corrected chi connectivity index (χ3v) is 4.28. The maximum Gasteiger partial charge on any atom is 0.191 e. The number of aliphatic hydroxyl groups is 1. The lowest BCUT2D eigenvalue weighted by Crippen LogP contribution is -2.52. The van der Waals surface area contributed by atoms with Gasteiger partial charge in [-0.1, -0.05) is 6.07 Å². The molecule has 0 aromatic heterocycles. The van der Waals surface area contributed by atoms with E-state index in [0.29, 0.717) is 45.4 Å². The molecule has 0 aliphatic carbocycles. The van der Waals surface area contributed by atoms with E-state index >= 15 is 0 Å². The van der Waals surface area contributed by atoms with Crippen LogP contribution in [0.5, 0.6) is 5.75 Å². The van der Waals surface area contributed by atoms with Crippen LogP contribution in [0.15, 0.2) is 23.2 Å². The van der Waals surface area contributed by atoms with Crippen LogP contribution in [-0.4, -0.2) is 74.6 Å². The Balaban J connectivity index is 0.00000392. The second-order valence-corrected chi connectivity index (χ2v) is 6.90. The maximum absolute atomic E-state index is 13.8. The van der Waals surface area contributed by atoms with Crippen LogP contribution in [0.4, 0.5) is 4.39 Å². The van der Waals surface area contributed by atoms with Gasteiger partial charge in [0.05, 0.1) is 32.5 Å². The fourth-order valence-electron chi connectivity index (χ4n) is 2.89. The molecule has 1 aromatic carbocycles. The van der Waals surface area contributed by atoms with Crippen LogP contribution in [-0.2, 0) is 11.3 Å². The van der Waals surface area contributed by atoms with Gasteiger partial charge in [0, 0.05) is 32.7 Å².